The van der Waals surface area contributed by atoms with Crippen molar-refractivity contribution in [2.45, 2.75) is 18.4 Å². The maximum atomic E-state index is 9.81. The molecule has 0 aromatic heterocycles. The van der Waals surface area contributed by atoms with Crippen LogP contribution in [-0.2, 0) is 4.79 Å². The number of rotatable bonds is 2. The van der Waals surface area contributed by atoms with E-state index in [-0.39, 0.29) is 0 Å². The van der Waals surface area contributed by atoms with Crippen LogP contribution in [0, 0.1) is 0 Å². The molecule has 0 bridgehead atoms. The number of hydrogen-bond donors (Lipinski definition) is 2. The summed E-state index contributed by atoms with van der Waals surface area (Å²) < 4.78 is 0. The number of aliphatic hydroxyl groups excluding tert-OH is 1. The van der Waals surface area contributed by atoms with Crippen LogP contribution in [0.4, 0.5) is 0 Å². The van der Waals surface area contributed by atoms with Crippen LogP contribution in [0.1, 0.15) is 6.92 Å². The summed E-state index contributed by atoms with van der Waals surface area (Å²) in [6, 6.07) is 0. The Balaban J connectivity index is 3.64. The van der Waals surface area contributed by atoms with Crippen LogP contribution in [0.3, 0.4) is 0 Å². The number of halogens is 1. The summed E-state index contributed by atoms with van der Waals surface area (Å²) in [5, 5.41) is 15.8. The maximum absolute atomic E-state index is 9.81. The van der Waals surface area contributed by atoms with Crippen molar-refractivity contribution < 1.29 is 15.0 Å². The van der Waals surface area contributed by atoms with Gasteiger partial charge in [0.15, 0.2) is 6.10 Å². The Morgan fingerprint density at radius 1 is 1.75 bits per heavy atom. The highest BCUT2D eigenvalue weighted by Crippen LogP contribution is 1.99. The summed E-state index contributed by atoms with van der Waals surface area (Å²) in [7, 11) is 0. The smallest absolute Gasteiger partial charge is 0.334 e. The van der Waals surface area contributed by atoms with Gasteiger partial charge in [0.05, 0.1) is 5.38 Å². The van der Waals surface area contributed by atoms with Gasteiger partial charge in [0, 0.05) is 0 Å². The zero-order valence-electron chi connectivity index (χ0n) is 4.34. The van der Waals surface area contributed by atoms with Crippen LogP contribution in [0.5, 0.6) is 0 Å². The molecule has 0 spiro atoms. The zero-order valence-corrected chi connectivity index (χ0v) is 5.09. The van der Waals surface area contributed by atoms with Crippen molar-refractivity contribution in [2.24, 2.45) is 0 Å². The average molecular weight is 139 g/mol. The lowest BCUT2D eigenvalue weighted by Crippen LogP contribution is -2.27. The Hall–Kier alpha value is -0.280. The molecule has 8 heavy (non-hydrogen) atoms. The largest absolute Gasteiger partial charge is 0.479 e. The monoisotopic (exact) mass is 138 g/mol. The van der Waals surface area contributed by atoms with Gasteiger partial charge in [0.25, 0.3) is 0 Å². The Morgan fingerprint density at radius 3 is 2.12 bits per heavy atom. The van der Waals surface area contributed by atoms with Crippen LogP contribution in [0.15, 0.2) is 0 Å². The minimum absolute atomic E-state index is 0.729. The van der Waals surface area contributed by atoms with Gasteiger partial charge in [-0.1, -0.05) is 0 Å². The van der Waals surface area contributed by atoms with Crippen molar-refractivity contribution in [3.63, 3.8) is 0 Å². The van der Waals surface area contributed by atoms with E-state index in [2.05, 4.69) is 0 Å². The van der Waals surface area contributed by atoms with Crippen LogP contribution in [-0.4, -0.2) is 27.7 Å². The lowest BCUT2D eigenvalue weighted by atomic mass is 10.3. The van der Waals surface area contributed by atoms with Gasteiger partial charge in [-0.05, 0) is 6.92 Å². The van der Waals surface area contributed by atoms with E-state index in [1.165, 1.54) is 6.92 Å². The standard InChI is InChI=1S/C4H7ClO3/c1-2(5)3(6)4(7)8/h2-3,6H,1H3,(H,7,8)/t2-,3-/m0/s1. The number of hydrogen-bond acceptors (Lipinski definition) is 2. The lowest BCUT2D eigenvalue weighted by molar-refractivity contribution is -0.146. The molecule has 2 N–H and O–H groups in total. The Bertz CT molecular complexity index is 91.3. The average Bonchev–Trinajstić information content (AvgIpc) is 1.64. The molecule has 2 atom stereocenters. The van der Waals surface area contributed by atoms with E-state index in [1.807, 2.05) is 0 Å². The van der Waals surface area contributed by atoms with Gasteiger partial charge in [-0.2, -0.15) is 0 Å². The van der Waals surface area contributed by atoms with E-state index in [9.17, 15) is 4.79 Å². The van der Waals surface area contributed by atoms with Crippen molar-refractivity contribution in [3.05, 3.63) is 0 Å². The van der Waals surface area contributed by atoms with E-state index in [1.54, 1.807) is 0 Å². The molecule has 0 saturated carbocycles. The Morgan fingerprint density at radius 2 is 2.12 bits per heavy atom. The first-order valence-electron chi connectivity index (χ1n) is 2.10. The molecule has 0 heterocycles. The van der Waals surface area contributed by atoms with Gasteiger partial charge in [0.1, 0.15) is 0 Å². The first-order valence-corrected chi connectivity index (χ1v) is 2.54. The fraction of sp³-hybridized carbons (Fsp3) is 0.750. The fourth-order valence-corrected chi connectivity index (χ4v) is 0.304. The molecule has 48 valence electrons. The highest BCUT2D eigenvalue weighted by atomic mass is 35.5. The third-order valence-corrected chi connectivity index (χ3v) is 0.927. The predicted molar refractivity (Wildman–Crippen MR) is 29.0 cm³/mol. The van der Waals surface area contributed by atoms with E-state index < -0.39 is 17.5 Å². The van der Waals surface area contributed by atoms with Gasteiger partial charge >= 0.3 is 5.97 Å². The minimum atomic E-state index is -1.45. The number of aliphatic hydroxyl groups is 1. The van der Waals surface area contributed by atoms with Gasteiger partial charge in [-0.25, -0.2) is 4.79 Å². The van der Waals surface area contributed by atoms with Crippen molar-refractivity contribution >= 4 is 17.6 Å². The second kappa shape index (κ2) is 2.89. The molecule has 0 aliphatic heterocycles. The SMILES string of the molecule is C[C@H](Cl)[C@H](O)C(=O)O. The second-order valence-corrected chi connectivity index (χ2v) is 2.15. The molecule has 3 nitrogen and oxygen atoms in total. The van der Waals surface area contributed by atoms with Gasteiger partial charge in [-0.15, -0.1) is 11.6 Å². The maximum Gasteiger partial charge on any atom is 0.334 e. The van der Waals surface area contributed by atoms with Crippen molar-refractivity contribution in [1.29, 1.82) is 0 Å². The molecular weight excluding hydrogens is 131 g/mol. The van der Waals surface area contributed by atoms with Crippen molar-refractivity contribution in [1.82, 2.24) is 0 Å². The highest BCUT2D eigenvalue weighted by Gasteiger charge is 2.18. The summed E-state index contributed by atoms with van der Waals surface area (Å²) in [5.74, 6) is -1.28. The van der Waals surface area contributed by atoms with Crippen LogP contribution in [0.2, 0.25) is 0 Å². The number of alkyl halides is 1. The van der Waals surface area contributed by atoms with E-state index in [0.29, 0.717) is 0 Å². The van der Waals surface area contributed by atoms with Gasteiger partial charge in [0.2, 0.25) is 0 Å². The number of aliphatic carboxylic acids is 1. The molecule has 0 aliphatic rings. The third-order valence-electron chi connectivity index (χ3n) is 0.688. The Kier molecular flexibility index (Phi) is 2.79. The van der Waals surface area contributed by atoms with Crippen molar-refractivity contribution in [3.8, 4) is 0 Å². The number of carboxylic acid groups (broad SMARTS) is 1. The minimum Gasteiger partial charge on any atom is -0.479 e. The molecule has 0 aliphatic carbocycles. The summed E-state index contributed by atoms with van der Waals surface area (Å²) in [6.45, 7) is 1.42. The summed E-state index contributed by atoms with van der Waals surface area (Å²) in [5.41, 5.74) is 0. The fourth-order valence-electron chi connectivity index (χ4n) is 0.196. The normalized spacial score (nSPS) is 17.4. The number of carboxylic acids is 1. The zero-order chi connectivity index (χ0) is 6.73. The summed E-state index contributed by atoms with van der Waals surface area (Å²) >= 11 is 5.19. The lowest BCUT2D eigenvalue weighted by Gasteiger charge is -2.04. The highest BCUT2D eigenvalue weighted by molar-refractivity contribution is 6.22. The molecule has 0 radical (unpaired) electrons. The molecule has 0 rings (SSSR count). The molecule has 4 heteroatoms. The van der Waals surface area contributed by atoms with Gasteiger partial charge < -0.3 is 10.2 Å². The quantitative estimate of drug-likeness (QED) is 0.531. The van der Waals surface area contributed by atoms with E-state index in [4.69, 9.17) is 21.8 Å². The molecule has 0 aromatic rings. The first kappa shape index (κ1) is 7.72. The van der Waals surface area contributed by atoms with Gasteiger partial charge in [-0.3, -0.25) is 0 Å². The summed E-state index contributed by atoms with van der Waals surface area (Å²) in [4.78, 5) is 9.81. The molecule has 0 aromatic carbocycles. The molecule has 0 saturated heterocycles. The molecular formula is C4H7ClO3. The molecule has 0 fully saturated rings. The molecule has 0 amide bonds. The van der Waals surface area contributed by atoms with Crippen molar-refractivity contribution in [2.75, 3.05) is 0 Å². The summed E-state index contributed by atoms with van der Waals surface area (Å²) in [6.07, 6.45) is -1.45. The Labute approximate surface area is 51.9 Å². The van der Waals surface area contributed by atoms with Crippen LogP contribution < -0.4 is 0 Å². The number of carbonyl (C=O) groups is 1. The van der Waals surface area contributed by atoms with E-state index in [0.717, 1.165) is 0 Å². The van der Waals surface area contributed by atoms with Crippen LogP contribution >= 0.6 is 11.6 Å². The third kappa shape index (κ3) is 2.14. The first-order chi connectivity index (χ1) is 3.55. The second-order valence-electron chi connectivity index (χ2n) is 1.46. The predicted octanol–water partition coefficient (Wildman–Crippen LogP) is 0.0592. The molecule has 0 unspecified atom stereocenters. The topological polar surface area (TPSA) is 57.5 Å². The van der Waals surface area contributed by atoms with E-state index >= 15 is 0 Å². The van der Waals surface area contributed by atoms with Crippen LogP contribution in [0.25, 0.3) is 0 Å².